The van der Waals surface area contributed by atoms with Crippen LogP contribution >= 0.6 is 0 Å². The van der Waals surface area contributed by atoms with E-state index in [1.165, 1.54) is 17.2 Å². The second kappa shape index (κ2) is 7.24. The number of nitrogens with zero attached hydrogens (tertiary/aromatic N) is 2. The number of rotatable bonds is 4. The first-order valence-electron chi connectivity index (χ1n) is 7.31. The Hall–Kier alpha value is -2.11. The molecule has 122 valence electrons. The maximum absolute atomic E-state index is 12.4. The lowest BCUT2D eigenvalue weighted by molar-refractivity contribution is 0.0521. The van der Waals surface area contributed by atoms with E-state index in [2.05, 4.69) is 4.98 Å². The second-order valence-electron chi connectivity index (χ2n) is 6.07. The summed E-state index contributed by atoms with van der Waals surface area (Å²) in [6.45, 7) is 11.1. The maximum Gasteiger partial charge on any atom is 0.416 e. The van der Waals surface area contributed by atoms with E-state index >= 15 is 0 Å². The Kier molecular flexibility index (Phi) is 5.91. The molecule has 0 aliphatic rings. The number of pyridine rings is 1. The summed E-state index contributed by atoms with van der Waals surface area (Å²) in [5.41, 5.74) is -0.260. The SMILES string of the molecule is CCOC(=O)c1ccnc(N(C(=O)OC(C)(C)C)C(C)C)c1. The molecule has 0 aliphatic carbocycles. The molecule has 1 rings (SSSR count). The average molecular weight is 308 g/mol. The highest BCUT2D eigenvalue weighted by molar-refractivity contribution is 5.92. The van der Waals surface area contributed by atoms with Gasteiger partial charge in [-0.05, 0) is 53.7 Å². The van der Waals surface area contributed by atoms with E-state index in [9.17, 15) is 9.59 Å². The molecule has 1 heterocycles. The third-order valence-electron chi connectivity index (χ3n) is 2.61. The Morgan fingerprint density at radius 3 is 2.45 bits per heavy atom. The Labute approximate surface area is 131 Å². The molecule has 0 radical (unpaired) electrons. The monoisotopic (exact) mass is 308 g/mol. The van der Waals surface area contributed by atoms with Gasteiger partial charge in [-0.15, -0.1) is 0 Å². The minimum absolute atomic E-state index is 0.167. The zero-order valence-electron chi connectivity index (χ0n) is 14.0. The molecule has 0 bridgehead atoms. The lowest BCUT2D eigenvalue weighted by Gasteiger charge is -2.29. The van der Waals surface area contributed by atoms with Gasteiger partial charge in [-0.25, -0.2) is 14.6 Å². The fourth-order valence-corrected chi connectivity index (χ4v) is 1.77. The zero-order chi connectivity index (χ0) is 16.9. The maximum atomic E-state index is 12.4. The molecule has 1 aromatic rings. The van der Waals surface area contributed by atoms with E-state index in [4.69, 9.17) is 9.47 Å². The molecule has 0 spiro atoms. The summed E-state index contributed by atoms with van der Waals surface area (Å²) in [4.78, 5) is 29.7. The standard InChI is InChI=1S/C16H24N2O4/c1-7-21-14(19)12-8-9-17-13(10-12)18(11(2)3)15(20)22-16(4,5)6/h8-11H,7H2,1-6H3. The van der Waals surface area contributed by atoms with E-state index in [-0.39, 0.29) is 12.6 Å². The molecule has 1 amide bonds. The third-order valence-corrected chi connectivity index (χ3v) is 2.61. The van der Waals surface area contributed by atoms with Crippen molar-refractivity contribution >= 4 is 17.9 Å². The van der Waals surface area contributed by atoms with Crippen LogP contribution in [0.15, 0.2) is 18.3 Å². The van der Waals surface area contributed by atoms with Gasteiger partial charge in [-0.3, -0.25) is 4.90 Å². The van der Waals surface area contributed by atoms with E-state index < -0.39 is 17.7 Å². The predicted octanol–water partition coefficient (Wildman–Crippen LogP) is 3.41. The highest BCUT2D eigenvalue weighted by Gasteiger charge is 2.27. The van der Waals surface area contributed by atoms with Crippen LogP contribution in [-0.2, 0) is 9.47 Å². The first-order valence-corrected chi connectivity index (χ1v) is 7.31. The second-order valence-corrected chi connectivity index (χ2v) is 6.07. The van der Waals surface area contributed by atoms with Crippen molar-refractivity contribution in [1.82, 2.24) is 4.98 Å². The number of anilines is 1. The quantitative estimate of drug-likeness (QED) is 0.797. The number of hydrogen-bond donors (Lipinski definition) is 0. The molecule has 0 N–H and O–H groups in total. The third kappa shape index (κ3) is 5.02. The summed E-state index contributed by atoms with van der Waals surface area (Å²) in [5, 5.41) is 0. The van der Waals surface area contributed by atoms with Crippen LogP contribution in [0.25, 0.3) is 0 Å². The first kappa shape index (κ1) is 17.9. The van der Waals surface area contributed by atoms with Crippen molar-refractivity contribution in [3.63, 3.8) is 0 Å². The van der Waals surface area contributed by atoms with Crippen molar-refractivity contribution in [2.75, 3.05) is 11.5 Å². The van der Waals surface area contributed by atoms with Crippen LogP contribution in [0.3, 0.4) is 0 Å². The summed E-state index contributed by atoms with van der Waals surface area (Å²) in [7, 11) is 0. The van der Waals surface area contributed by atoms with Crippen LogP contribution < -0.4 is 4.90 Å². The van der Waals surface area contributed by atoms with Crippen molar-refractivity contribution in [2.24, 2.45) is 0 Å². The molecule has 0 aliphatic heterocycles. The zero-order valence-corrected chi connectivity index (χ0v) is 14.0. The molecule has 0 saturated heterocycles. The Balaban J connectivity index is 3.09. The van der Waals surface area contributed by atoms with E-state index in [1.807, 2.05) is 13.8 Å². The molecule has 1 aromatic heterocycles. The molecule has 6 nitrogen and oxygen atoms in total. The van der Waals surface area contributed by atoms with Crippen molar-refractivity contribution in [3.8, 4) is 0 Å². The molecule has 0 saturated carbocycles. The van der Waals surface area contributed by atoms with Gasteiger partial charge in [-0.2, -0.15) is 0 Å². The van der Waals surface area contributed by atoms with Crippen molar-refractivity contribution in [2.45, 2.75) is 53.2 Å². The van der Waals surface area contributed by atoms with Crippen LogP contribution in [0.2, 0.25) is 0 Å². The average Bonchev–Trinajstić information content (AvgIpc) is 2.36. The highest BCUT2D eigenvalue weighted by Crippen LogP contribution is 2.20. The van der Waals surface area contributed by atoms with Crippen LogP contribution in [-0.4, -0.2) is 35.3 Å². The summed E-state index contributed by atoms with van der Waals surface area (Å²) in [5.74, 6) is -0.0890. The normalized spacial score (nSPS) is 11.2. The molecule has 0 atom stereocenters. The molecule has 0 fully saturated rings. The Morgan fingerprint density at radius 2 is 1.95 bits per heavy atom. The van der Waals surface area contributed by atoms with Gasteiger partial charge in [0.25, 0.3) is 0 Å². The van der Waals surface area contributed by atoms with Crippen LogP contribution in [0.4, 0.5) is 10.6 Å². The van der Waals surface area contributed by atoms with Gasteiger partial charge in [0.2, 0.25) is 0 Å². The number of ether oxygens (including phenoxy) is 2. The van der Waals surface area contributed by atoms with Crippen molar-refractivity contribution in [1.29, 1.82) is 0 Å². The van der Waals surface area contributed by atoms with Crippen LogP contribution in [0.5, 0.6) is 0 Å². The van der Waals surface area contributed by atoms with Gasteiger partial charge >= 0.3 is 12.1 Å². The van der Waals surface area contributed by atoms with Gasteiger partial charge < -0.3 is 9.47 Å². The van der Waals surface area contributed by atoms with Gasteiger partial charge in [0.05, 0.1) is 12.2 Å². The fraction of sp³-hybridized carbons (Fsp3) is 0.562. The number of esters is 1. The minimum Gasteiger partial charge on any atom is -0.462 e. The van der Waals surface area contributed by atoms with Gasteiger partial charge in [0.1, 0.15) is 11.4 Å². The smallest absolute Gasteiger partial charge is 0.416 e. The van der Waals surface area contributed by atoms with Gasteiger partial charge in [0.15, 0.2) is 0 Å². The van der Waals surface area contributed by atoms with E-state index in [0.29, 0.717) is 11.4 Å². The molecule has 0 aromatic carbocycles. The van der Waals surface area contributed by atoms with Gasteiger partial charge in [0, 0.05) is 12.2 Å². The number of amides is 1. The molecular weight excluding hydrogens is 284 g/mol. The molecular formula is C16H24N2O4. The summed E-state index contributed by atoms with van der Waals surface area (Å²) >= 11 is 0. The van der Waals surface area contributed by atoms with Crippen LogP contribution in [0, 0.1) is 0 Å². The molecule has 22 heavy (non-hydrogen) atoms. The van der Waals surface area contributed by atoms with Crippen molar-refractivity contribution in [3.05, 3.63) is 23.9 Å². The largest absolute Gasteiger partial charge is 0.462 e. The van der Waals surface area contributed by atoms with Crippen molar-refractivity contribution < 1.29 is 19.1 Å². The fourth-order valence-electron chi connectivity index (χ4n) is 1.77. The van der Waals surface area contributed by atoms with E-state index in [0.717, 1.165) is 0 Å². The summed E-state index contributed by atoms with van der Waals surface area (Å²) < 4.78 is 10.4. The topological polar surface area (TPSA) is 68.7 Å². The number of hydrogen-bond acceptors (Lipinski definition) is 5. The first-order chi connectivity index (χ1) is 10.2. The van der Waals surface area contributed by atoms with Crippen LogP contribution in [0.1, 0.15) is 51.9 Å². The lowest BCUT2D eigenvalue weighted by atomic mass is 10.2. The minimum atomic E-state index is -0.608. The number of carbonyl (C=O) groups is 2. The predicted molar refractivity (Wildman–Crippen MR) is 84.0 cm³/mol. The number of aromatic nitrogens is 1. The molecule has 6 heteroatoms. The lowest BCUT2D eigenvalue weighted by Crippen LogP contribution is -2.41. The Morgan fingerprint density at radius 1 is 1.32 bits per heavy atom. The Bertz CT molecular complexity index is 535. The highest BCUT2D eigenvalue weighted by atomic mass is 16.6. The summed E-state index contributed by atoms with van der Waals surface area (Å²) in [6, 6.07) is 2.91. The summed E-state index contributed by atoms with van der Waals surface area (Å²) in [6.07, 6.45) is 0.970. The number of carbonyl (C=O) groups excluding carboxylic acids is 2. The molecule has 0 unspecified atom stereocenters. The van der Waals surface area contributed by atoms with Gasteiger partial charge in [-0.1, -0.05) is 0 Å². The van der Waals surface area contributed by atoms with E-state index in [1.54, 1.807) is 33.8 Å².